The van der Waals surface area contributed by atoms with Crippen molar-refractivity contribution >= 4 is 29.9 Å². The lowest BCUT2D eigenvalue weighted by Gasteiger charge is -2.22. The summed E-state index contributed by atoms with van der Waals surface area (Å²) in [5, 5.41) is 11.2. The molecule has 1 fully saturated rings. The van der Waals surface area contributed by atoms with E-state index >= 15 is 0 Å². The first kappa shape index (κ1) is 17.3. The summed E-state index contributed by atoms with van der Waals surface area (Å²) < 4.78 is 1.66. The zero-order valence-corrected chi connectivity index (χ0v) is 13.5. The number of hydrogen-bond donors (Lipinski definition) is 2. The summed E-state index contributed by atoms with van der Waals surface area (Å²) in [4.78, 5) is 11.9. The van der Waals surface area contributed by atoms with Crippen molar-refractivity contribution in [1.82, 2.24) is 20.4 Å². The van der Waals surface area contributed by atoms with Crippen LogP contribution in [0.4, 0.5) is 0 Å². The summed E-state index contributed by atoms with van der Waals surface area (Å²) in [6.07, 6.45) is 2.37. The first-order valence-electron chi connectivity index (χ1n) is 6.75. The molecule has 1 atom stereocenters. The number of amides is 1. The maximum atomic E-state index is 11.9. The molecule has 0 bridgehead atoms. The third-order valence-electron chi connectivity index (χ3n) is 3.57. The van der Waals surface area contributed by atoms with Crippen LogP contribution < -0.4 is 10.6 Å². The molecule has 1 unspecified atom stereocenters. The Morgan fingerprint density at radius 2 is 2.30 bits per heavy atom. The topological polar surface area (TPSA) is 59.0 Å². The first-order valence-corrected chi connectivity index (χ1v) is 7.12. The summed E-state index contributed by atoms with van der Waals surface area (Å²) in [7, 11) is 0. The van der Waals surface area contributed by atoms with E-state index in [1.165, 1.54) is 12.8 Å². The predicted molar refractivity (Wildman–Crippen MR) is 82.6 cm³/mol. The number of nitrogens with one attached hydrogen (secondary N) is 2. The highest BCUT2D eigenvalue weighted by Crippen LogP contribution is 2.18. The van der Waals surface area contributed by atoms with Gasteiger partial charge in [-0.3, -0.25) is 9.48 Å². The summed E-state index contributed by atoms with van der Waals surface area (Å²) in [5.74, 6) is 0.537. The van der Waals surface area contributed by atoms with E-state index in [1.54, 1.807) is 4.68 Å². The van der Waals surface area contributed by atoms with Crippen molar-refractivity contribution in [3.63, 3.8) is 0 Å². The minimum absolute atomic E-state index is 0. The number of carbonyl (C=O) groups excluding carboxylic acids is 1. The number of hydrogen-bond acceptors (Lipinski definition) is 3. The van der Waals surface area contributed by atoms with E-state index in [2.05, 4.69) is 15.7 Å². The highest BCUT2D eigenvalue weighted by molar-refractivity contribution is 6.31. The van der Waals surface area contributed by atoms with Gasteiger partial charge in [0.15, 0.2) is 0 Å². The number of aromatic nitrogens is 2. The van der Waals surface area contributed by atoms with Crippen LogP contribution in [0.2, 0.25) is 5.02 Å². The standard InChI is InChI=1S/C13H21ClN4O.ClH/c1-9-13(14)10(2)18(17-9)8-12(19)16-7-11-4-3-5-15-6-11;/h11,15H,3-8H2,1-2H3,(H,16,19);1H. The van der Waals surface area contributed by atoms with Gasteiger partial charge in [0.1, 0.15) is 6.54 Å². The molecule has 1 aromatic heterocycles. The molecule has 5 nitrogen and oxygen atoms in total. The van der Waals surface area contributed by atoms with Gasteiger partial charge < -0.3 is 10.6 Å². The van der Waals surface area contributed by atoms with Crippen LogP contribution in [-0.4, -0.2) is 35.3 Å². The van der Waals surface area contributed by atoms with Crippen LogP contribution in [0.25, 0.3) is 0 Å². The SMILES string of the molecule is Cc1nn(CC(=O)NCC2CCCNC2)c(C)c1Cl.Cl. The Morgan fingerprint density at radius 1 is 1.55 bits per heavy atom. The number of nitrogens with zero attached hydrogens (tertiary/aromatic N) is 2. The van der Waals surface area contributed by atoms with Crippen LogP contribution in [0.1, 0.15) is 24.2 Å². The number of rotatable bonds is 4. The van der Waals surface area contributed by atoms with Crippen molar-refractivity contribution < 1.29 is 4.79 Å². The molecule has 0 spiro atoms. The van der Waals surface area contributed by atoms with Gasteiger partial charge in [0, 0.05) is 6.54 Å². The fourth-order valence-electron chi connectivity index (χ4n) is 2.38. The van der Waals surface area contributed by atoms with E-state index in [0.717, 1.165) is 31.0 Å². The molecule has 114 valence electrons. The minimum atomic E-state index is -0.00663. The van der Waals surface area contributed by atoms with Gasteiger partial charge in [0.25, 0.3) is 0 Å². The van der Waals surface area contributed by atoms with Crippen molar-refractivity contribution in [3.8, 4) is 0 Å². The van der Waals surface area contributed by atoms with Gasteiger partial charge in [-0.05, 0) is 45.7 Å². The lowest BCUT2D eigenvalue weighted by atomic mass is 10.00. The van der Waals surface area contributed by atoms with Crippen LogP contribution in [0, 0.1) is 19.8 Å². The quantitative estimate of drug-likeness (QED) is 0.887. The highest BCUT2D eigenvalue weighted by atomic mass is 35.5. The summed E-state index contributed by atoms with van der Waals surface area (Å²) in [6, 6.07) is 0. The smallest absolute Gasteiger partial charge is 0.241 e. The molecule has 0 saturated carbocycles. The maximum Gasteiger partial charge on any atom is 0.241 e. The van der Waals surface area contributed by atoms with Crippen molar-refractivity contribution in [2.24, 2.45) is 5.92 Å². The Kier molecular flexibility index (Phi) is 6.79. The molecule has 2 heterocycles. The molecule has 2 N–H and O–H groups in total. The van der Waals surface area contributed by atoms with E-state index in [0.29, 0.717) is 10.9 Å². The second-order valence-electron chi connectivity index (χ2n) is 5.16. The average Bonchev–Trinajstić information content (AvgIpc) is 2.65. The lowest BCUT2D eigenvalue weighted by molar-refractivity contribution is -0.122. The molecule has 2 rings (SSSR count). The average molecular weight is 321 g/mol. The van der Waals surface area contributed by atoms with Gasteiger partial charge in [-0.2, -0.15) is 5.10 Å². The van der Waals surface area contributed by atoms with Gasteiger partial charge in [-0.25, -0.2) is 0 Å². The summed E-state index contributed by atoms with van der Waals surface area (Å²) >= 11 is 6.06. The number of aryl methyl sites for hydroxylation is 1. The largest absolute Gasteiger partial charge is 0.354 e. The van der Waals surface area contributed by atoms with Crippen LogP contribution in [0.3, 0.4) is 0 Å². The molecule has 0 radical (unpaired) electrons. The molecule has 7 heteroatoms. The fraction of sp³-hybridized carbons (Fsp3) is 0.692. The zero-order chi connectivity index (χ0) is 13.8. The van der Waals surface area contributed by atoms with Crippen molar-refractivity contribution in [2.45, 2.75) is 33.2 Å². The minimum Gasteiger partial charge on any atom is -0.354 e. The molecule has 1 saturated heterocycles. The molecule has 0 aromatic carbocycles. The van der Waals surface area contributed by atoms with Crippen molar-refractivity contribution in [2.75, 3.05) is 19.6 Å². The number of piperidine rings is 1. The normalized spacial score (nSPS) is 18.4. The molecule has 1 aliphatic rings. The maximum absolute atomic E-state index is 11.9. The third kappa shape index (κ3) is 4.36. The van der Waals surface area contributed by atoms with E-state index < -0.39 is 0 Å². The van der Waals surface area contributed by atoms with Gasteiger partial charge in [-0.15, -0.1) is 12.4 Å². The van der Waals surface area contributed by atoms with Gasteiger partial charge in [0.05, 0.1) is 16.4 Å². The Morgan fingerprint density at radius 3 is 2.85 bits per heavy atom. The van der Waals surface area contributed by atoms with Crippen LogP contribution in [0.15, 0.2) is 0 Å². The number of halogens is 2. The third-order valence-corrected chi connectivity index (χ3v) is 4.12. The fourth-order valence-corrected chi connectivity index (χ4v) is 2.51. The van der Waals surface area contributed by atoms with Crippen LogP contribution in [-0.2, 0) is 11.3 Å². The molecular formula is C13H22Cl2N4O. The van der Waals surface area contributed by atoms with Crippen molar-refractivity contribution in [3.05, 3.63) is 16.4 Å². The van der Waals surface area contributed by atoms with E-state index in [-0.39, 0.29) is 24.9 Å². The predicted octanol–water partition coefficient (Wildman–Crippen LogP) is 1.69. The van der Waals surface area contributed by atoms with E-state index in [1.807, 2.05) is 13.8 Å². The Bertz CT molecular complexity index is 455. The Hall–Kier alpha value is -0.780. The van der Waals surface area contributed by atoms with Crippen LogP contribution in [0.5, 0.6) is 0 Å². The summed E-state index contributed by atoms with van der Waals surface area (Å²) in [5.41, 5.74) is 1.61. The molecule has 0 aliphatic carbocycles. The molecule has 1 amide bonds. The van der Waals surface area contributed by atoms with E-state index in [9.17, 15) is 4.79 Å². The highest BCUT2D eigenvalue weighted by Gasteiger charge is 2.15. The monoisotopic (exact) mass is 320 g/mol. The second-order valence-corrected chi connectivity index (χ2v) is 5.54. The molecule has 1 aromatic rings. The van der Waals surface area contributed by atoms with Gasteiger partial charge in [-0.1, -0.05) is 11.6 Å². The van der Waals surface area contributed by atoms with Gasteiger partial charge in [0.2, 0.25) is 5.91 Å². The van der Waals surface area contributed by atoms with Crippen molar-refractivity contribution in [1.29, 1.82) is 0 Å². The number of carbonyl (C=O) groups is 1. The van der Waals surface area contributed by atoms with Crippen LogP contribution >= 0.6 is 24.0 Å². The first-order chi connectivity index (χ1) is 9.08. The molecule has 20 heavy (non-hydrogen) atoms. The molecular weight excluding hydrogens is 299 g/mol. The van der Waals surface area contributed by atoms with Gasteiger partial charge >= 0.3 is 0 Å². The molecule has 1 aliphatic heterocycles. The lowest BCUT2D eigenvalue weighted by Crippen LogP contribution is -2.39. The Labute approximate surface area is 130 Å². The second kappa shape index (κ2) is 7.86. The Balaban J connectivity index is 0.00000200. The zero-order valence-electron chi connectivity index (χ0n) is 11.9. The summed E-state index contributed by atoms with van der Waals surface area (Å²) in [6.45, 7) is 6.78. The van der Waals surface area contributed by atoms with E-state index in [4.69, 9.17) is 11.6 Å².